The fourth-order valence-corrected chi connectivity index (χ4v) is 3.58. The first-order valence-electron chi connectivity index (χ1n) is 8.15. The summed E-state index contributed by atoms with van der Waals surface area (Å²) < 4.78 is 1.97. The molecule has 0 aliphatic heterocycles. The molecule has 1 N–H and O–H groups in total. The van der Waals surface area contributed by atoms with E-state index in [1.165, 1.54) is 12.8 Å². The van der Waals surface area contributed by atoms with Crippen LogP contribution in [0.15, 0.2) is 12.5 Å². The normalized spacial score (nSPS) is 27.5. The molecule has 116 valence electrons. The van der Waals surface area contributed by atoms with Gasteiger partial charge in [-0.3, -0.25) is 0 Å². The van der Waals surface area contributed by atoms with Crippen LogP contribution in [0.4, 0.5) is 0 Å². The average molecular weight is 289 g/mol. The Morgan fingerprint density at radius 3 is 2.67 bits per heavy atom. The maximum atomic E-state index is 10.8. The van der Waals surface area contributed by atoms with E-state index in [0.29, 0.717) is 0 Å². The number of aliphatic hydroxyl groups is 1. The summed E-state index contributed by atoms with van der Waals surface area (Å²) in [7, 11) is 0. The predicted molar refractivity (Wildman–Crippen MR) is 82.5 cm³/mol. The third-order valence-electron chi connectivity index (χ3n) is 4.97. The zero-order valence-corrected chi connectivity index (χ0v) is 13.4. The number of nitriles is 1. The van der Waals surface area contributed by atoms with Crippen LogP contribution in [-0.2, 0) is 0 Å². The van der Waals surface area contributed by atoms with Crippen molar-refractivity contribution in [2.75, 3.05) is 0 Å². The molecule has 1 aromatic rings. The first-order chi connectivity index (χ1) is 10.0. The largest absolute Gasteiger partial charge is 0.385 e. The minimum absolute atomic E-state index is 0.240. The smallest absolute Gasteiger partial charge is 0.114 e. The van der Waals surface area contributed by atoms with Gasteiger partial charge >= 0.3 is 0 Å². The second kappa shape index (κ2) is 6.62. The highest BCUT2D eigenvalue weighted by molar-refractivity contribution is 5.16. The Morgan fingerprint density at radius 1 is 1.48 bits per heavy atom. The Kier molecular flexibility index (Phi) is 5.05. The quantitative estimate of drug-likeness (QED) is 0.891. The summed E-state index contributed by atoms with van der Waals surface area (Å²) in [6.45, 7) is 6.34. The summed E-state index contributed by atoms with van der Waals surface area (Å²) in [5, 5.41) is 20.6. The van der Waals surface area contributed by atoms with E-state index in [1.807, 2.05) is 4.57 Å². The molecule has 1 aliphatic carbocycles. The Labute approximate surface area is 127 Å². The molecule has 0 spiro atoms. The molecule has 4 heteroatoms. The van der Waals surface area contributed by atoms with Crippen LogP contribution in [0, 0.1) is 22.7 Å². The van der Waals surface area contributed by atoms with Crippen LogP contribution in [0.3, 0.4) is 0 Å². The molecule has 1 heterocycles. The van der Waals surface area contributed by atoms with Crippen LogP contribution >= 0.6 is 0 Å². The van der Waals surface area contributed by atoms with Crippen LogP contribution in [0.5, 0.6) is 0 Å². The van der Waals surface area contributed by atoms with Gasteiger partial charge in [0.25, 0.3) is 0 Å². The fraction of sp³-hybridized carbons (Fsp3) is 0.765. The van der Waals surface area contributed by atoms with Gasteiger partial charge in [0.05, 0.1) is 29.7 Å². The van der Waals surface area contributed by atoms with Crippen LogP contribution < -0.4 is 0 Å². The van der Waals surface area contributed by atoms with Gasteiger partial charge in [-0.25, -0.2) is 4.98 Å². The Morgan fingerprint density at radius 2 is 2.14 bits per heavy atom. The lowest BCUT2D eigenvalue weighted by Crippen LogP contribution is -2.33. The van der Waals surface area contributed by atoms with Gasteiger partial charge in [0.1, 0.15) is 6.10 Å². The molecule has 1 aliphatic rings. The summed E-state index contributed by atoms with van der Waals surface area (Å²) in [5.74, 6) is 0.721. The van der Waals surface area contributed by atoms with Crippen molar-refractivity contribution < 1.29 is 5.11 Å². The molecular formula is C17H27N3O. The number of aliphatic hydroxyl groups excluding tert-OH is 1. The Hall–Kier alpha value is -1.34. The third-order valence-corrected chi connectivity index (χ3v) is 4.97. The molecule has 0 amide bonds. The third kappa shape index (κ3) is 3.13. The van der Waals surface area contributed by atoms with Crippen molar-refractivity contribution in [3.05, 3.63) is 18.2 Å². The first kappa shape index (κ1) is 16.0. The van der Waals surface area contributed by atoms with Gasteiger partial charge < -0.3 is 9.67 Å². The van der Waals surface area contributed by atoms with E-state index in [1.54, 1.807) is 12.5 Å². The molecule has 0 aromatic carbocycles. The highest BCUT2D eigenvalue weighted by Gasteiger charge is 2.43. The van der Waals surface area contributed by atoms with Crippen molar-refractivity contribution in [1.29, 1.82) is 5.26 Å². The summed E-state index contributed by atoms with van der Waals surface area (Å²) in [6, 6.07) is 2.68. The number of hydrogen-bond acceptors (Lipinski definition) is 3. The number of imidazole rings is 1. The maximum absolute atomic E-state index is 10.8. The van der Waals surface area contributed by atoms with Crippen molar-refractivity contribution in [1.82, 2.24) is 9.55 Å². The molecule has 2 rings (SSSR count). The summed E-state index contributed by atoms with van der Waals surface area (Å²) >= 11 is 0. The predicted octanol–water partition coefficient (Wildman–Crippen LogP) is 4.00. The molecule has 4 nitrogen and oxygen atoms in total. The van der Waals surface area contributed by atoms with E-state index in [2.05, 4.69) is 31.8 Å². The van der Waals surface area contributed by atoms with Crippen LogP contribution in [0.25, 0.3) is 0 Å². The number of rotatable bonds is 5. The molecule has 1 aromatic heterocycles. The van der Waals surface area contributed by atoms with Gasteiger partial charge in [-0.05, 0) is 45.4 Å². The molecule has 1 unspecified atom stereocenters. The Balaban J connectivity index is 2.18. The SMILES string of the molecule is CCCC1CCC(C#N)(C(O)c2cncn2C(C)C)CC1. The summed E-state index contributed by atoms with van der Waals surface area (Å²) in [5.41, 5.74) is 0.136. The van der Waals surface area contributed by atoms with Crippen LogP contribution in [-0.4, -0.2) is 14.7 Å². The molecule has 1 atom stereocenters. The lowest BCUT2D eigenvalue weighted by atomic mass is 9.67. The van der Waals surface area contributed by atoms with Gasteiger partial charge in [0.2, 0.25) is 0 Å². The Bertz CT molecular complexity index is 492. The van der Waals surface area contributed by atoms with Gasteiger partial charge in [-0.2, -0.15) is 5.26 Å². The van der Waals surface area contributed by atoms with Gasteiger partial charge in [-0.15, -0.1) is 0 Å². The molecule has 0 saturated heterocycles. The lowest BCUT2D eigenvalue weighted by molar-refractivity contribution is 0.0177. The lowest BCUT2D eigenvalue weighted by Gasteiger charge is -2.38. The van der Waals surface area contributed by atoms with Gasteiger partial charge in [0, 0.05) is 6.04 Å². The molecule has 0 radical (unpaired) electrons. The van der Waals surface area contributed by atoms with E-state index >= 15 is 0 Å². The summed E-state index contributed by atoms with van der Waals surface area (Å²) in [6.07, 6.45) is 8.84. The van der Waals surface area contributed by atoms with Crippen LogP contribution in [0.1, 0.15) is 77.1 Å². The minimum Gasteiger partial charge on any atom is -0.385 e. The minimum atomic E-state index is -0.741. The zero-order valence-electron chi connectivity index (χ0n) is 13.4. The second-order valence-corrected chi connectivity index (χ2v) is 6.72. The van der Waals surface area contributed by atoms with Crippen molar-refractivity contribution in [2.45, 2.75) is 71.4 Å². The van der Waals surface area contributed by atoms with E-state index in [0.717, 1.165) is 37.3 Å². The highest BCUT2D eigenvalue weighted by Crippen LogP contribution is 2.48. The number of hydrogen-bond donors (Lipinski definition) is 1. The van der Waals surface area contributed by atoms with Crippen molar-refractivity contribution in [3.8, 4) is 6.07 Å². The molecule has 21 heavy (non-hydrogen) atoms. The molecule has 0 bridgehead atoms. The first-order valence-corrected chi connectivity index (χ1v) is 8.15. The van der Waals surface area contributed by atoms with Crippen LogP contribution in [0.2, 0.25) is 0 Å². The zero-order chi connectivity index (χ0) is 15.5. The second-order valence-electron chi connectivity index (χ2n) is 6.72. The summed E-state index contributed by atoms with van der Waals surface area (Å²) in [4.78, 5) is 4.16. The highest BCUT2D eigenvalue weighted by atomic mass is 16.3. The number of aromatic nitrogens is 2. The monoisotopic (exact) mass is 289 g/mol. The van der Waals surface area contributed by atoms with E-state index in [9.17, 15) is 10.4 Å². The molecular weight excluding hydrogens is 262 g/mol. The van der Waals surface area contributed by atoms with E-state index in [4.69, 9.17) is 0 Å². The van der Waals surface area contributed by atoms with Gasteiger partial charge in [-0.1, -0.05) is 19.8 Å². The fourth-order valence-electron chi connectivity index (χ4n) is 3.58. The van der Waals surface area contributed by atoms with E-state index in [-0.39, 0.29) is 6.04 Å². The standard InChI is InChI=1S/C17H27N3O/c1-4-5-14-6-8-17(11-18,9-7-14)16(21)15-10-19-12-20(15)13(2)3/h10,12-14,16,21H,4-9H2,1-3H3. The molecule has 1 saturated carbocycles. The average Bonchev–Trinajstić information content (AvgIpc) is 2.97. The van der Waals surface area contributed by atoms with Crippen molar-refractivity contribution in [2.24, 2.45) is 11.3 Å². The van der Waals surface area contributed by atoms with Crippen molar-refractivity contribution in [3.63, 3.8) is 0 Å². The maximum Gasteiger partial charge on any atom is 0.114 e. The molecule has 1 fully saturated rings. The van der Waals surface area contributed by atoms with Gasteiger partial charge in [0.15, 0.2) is 0 Å². The topological polar surface area (TPSA) is 61.8 Å². The number of nitrogens with zero attached hydrogens (tertiary/aromatic N) is 3. The van der Waals surface area contributed by atoms with Crippen molar-refractivity contribution >= 4 is 0 Å². The van der Waals surface area contributed by atoms with E-state index < -0.39 is 11.5 Å².